The molecule has 2 heteroatoms. The van der Waals surface area contributed by atoms with Gasteiger partial charge in [0.25, 0.3) is 0 Å². The van der Waals surface area contributed by atoms with Crippen LogP contribution in [-0.2, 0) is 0 Å². The Hall–Kier alpha value is -0.0800. The molecular weight excluding hydrogens is 184 g/mol. The van der Waals surface area contributed by atoms with Gasteiger partial charge in [-0.2, -0.15) is 0 Å². The van der Waals surface area contributed by atoms with Gasteiger partial charge < -0.3 is 10.2 Å². The molecule has 0 radical (unpaired) electrons. The fourth-order valence-corrected chi connectivity index (χ4v) is 3.24. The Kier molecular flexibility index (Phi) is 4.45. The first-order valence-corrected chi connectivity index (χ1v) is 6.83. The monoisotopic (exact) mass is 210 g/mol. The van der Waals surface area contributed by atoms with Gasteiger partial charge in [-0.3, -0.25) is 0 Å². The van der Waals surface area contributed by atoms with Crippen molar-refractivity contribution in [2.24, 2.45) is 11.8 Å². The van der Waals surface area contributed by atoms with Crippen molar-refractivity contribution in [1.29, 1.82) is 0 Å². The van der Waals surface area contributed by atoms with E-state index in [0.717, 1.165) is 11.8 Å². The molecule has 1 aliphatic carbocycles. The summed E-state index contributed by atoms with van der Waals surface area (Å²) in [7, 11) is 0. The van der Waals surface area contributed by atoms with Crippen LogP contribution in [0.3, 0.4) is 0 Å². The van der Waals surface area contributed by atoms with Crippen LogP contribution in [0.4, 0.5) is 0 Å². The van der Waals surface area contributed by atoms with Crippen LogP contribution in [0.15, 0.2) is 0 Å². The molecule has 2 unspecified atom stereocenters. The molecule has 1 aliphatic heterocycles. The topological polar surface area (TPSA) is 15.3 Å². The van der Waals surface area contributed by atoms with E-state index in [9.17, 15) is 0 Å². The summed E-state index contributed by atoms with van der Waals surface area (Å²) in [6.07, 6.45) is 7.11. The Morgan fingerprint density at radius 1 is 1.13 bits per heavy atom. The second-order valence-electron chi connectivity index (χ2n) is 5.31. The van der Waals surface area contributed by atoms with Crippen LogP contribution in [0.1, 0.15) is 39.0 Å². The number of nitrogens with one attached hydrogen (secondary N) is 1. The van der Waals surface area contributed by atoms with E-state index in [1.807, 2.05) is 0 Å². The summed E-state index contributed by atoms with van der Waals surface area (Å²) in [5, 5.41) is 3.48. The third-order valence-electron chi connectivity index (χ3n) is 4.06. The number of nitrogens with zero attached hydrogens (tertiary/aromatic N) is 1. The number of hydrogen-bond acceptors (Lipinski definition) is 2. The normalized spacial score (nSPS) is 31.0. The van der Waals surface area contributed by atoms with Gasteiger partial charge in [0.05, 0.1) is 0 Å². The number of likely N-dealkylation sites (tertiary alicyclic amines) is 1. The second kappa shape index (κ2) is 5.86. The molecule has 0 amide bonds. The molecule has 1 saturated carbocycles. The zero-order valence-electron chi connectivity index (χ0n) is 10.2. The van der Waals surface area contributed by atoms with Crippen LogP contribution >= 0.6 is 0 Å². The van der Waals surface area contributed by atoms with Crippen molar-refractivity contribution in [1.82, 2.24) is 10.2 Å². The lowest BCUT2D eigenvalue weighted by molar-refractivity contribution is 0.305. The summed E-state index contributed by atoms with van der Waals surface area (Å²) < 4.78 is 0. The smallest absolute Gasteiger partial charge is 0.00129 e. The van der Waals surface area contributed by atoms with Crippen molar-refractivity contribution in [3.05, 3.63) is 0 Å². The lowest BCUT2D eigenvalue weighted by atomic mass is 10.0. The molecule has 1 saturated heterocycles. The molecule has 0 aromatic rings. The summed E-state index contributed by atoms with van der Waals surface area (Å²) >= 11 is 0. The van der Waals surface area contributed by atoms with Gasteiger partial charge in [0.1, 0.15) is 0 Å². The van der Waals surface area contributed by atoms with Crippen molar-refractivity contribution < 1.29 is 0 Å². The van der Waals surface area contributed by atoms with E-state index < -0.39 is 0 Å². The van der Waals surface area contributed by atoms with E-state index in [2.05, 4.69) is 17.1 Å². The van der Waals surface area contributed by atoms with Crippen LogP contribution in [0.25, 0.3) is 0 Å². The summed E-state index contributed by atoms with van der Waals surface area (Å²) in [6, 6.07) is 0. The highest BCUT2D eigenvalue weighted by Gasteiger charge is 2.35. The standard InChI is InChI=1S/C13H26N2/c1-2-7-14-8-4-9-15-10-12-5-3-6-13(12)11-15/h12-14H,2-11H2,1H3. The predicted molar refractivity (Wildman–Crippen MR) is 65.0 cm³/mol. The molecule has 2 nitrogen and oxygen atoms in total. The molecule has 0 spiro atoms. The fraction of sp³-hybridized carbons (Fsp3) is 1.00. The summed E-state index contributed by atoms with van der Waals surface area (Å²) in [5.41, 5.74) is 0. The van der Waals surface area contributed by atoms with Gasteiger partial charge in [-0.15, -0.1) is 0 Å². The molecule has 2 aliphatic rings. The van der Waals surface area contributed by atoms with E-state index in [1.165, 1.54) is 64.8 Å². The first-order chi connectivity index (χ1) is 7.40. The maximum atomic E-state index is 3.48. The fourth-order valence-electron chi connectivity index (χ4n) is 3.24. The molecule has 1 N–H and O–H groups in total. The van der Waals surface area contributed by atoms with Crippen molar-refractivity contribution in [3.63, 3.8) is 0 Å². The molecule has 0 aromatic carbocycles. The Morgan fingerprint density at radius 3 is 2.53 bits per heavy atom. The number of fused-ring (bicyclic) bond motifs is 1. The predicted octanol–water partition coefficient (Wildman–Crippen LogP) is 2.11. The first-order valence-electron chi connectivity index (χ1n) is 6.83. The zero-order chi connectivity index (χ0) is 10.5. The van der Waals surface area contributed by atoms with Crippen molar-refractivity contribution in [3.8, 4) is 0 Å². The van der Waals surface area contributed by atoms with Crippen molar-refractivity contribution in [2.45, 2.75) is 39.0 Å². The molecular formula is C13H26N2. The van der Waals surface area contributed by atoms with Crippen molar-refractivity contribution in [2.75, 3.05) is 32.7 Å². The number of hydrogen-bond donors (Lipinski definition) is 1. The van der Waals surface area contributed by atoms with E-state index in [0.29, 0.717) is 0 Å². The van der Waals surface area contributed by atoms with Gasteiger partial charge in [-0.1, -0.05) is 13.3 Å². The Labute approximate surface area is 94.4 Å². The van der Waals surface area contributed by atoms with Crippen LogP contribution < -0.4 is 5.32 Å². The highest BCUT2D eigenvalue weighted by Crippen LogP contribution is 2.37. The Morgan fingerprint density at radius 2 is 1.87 bits per heavy atom. The average molecular weight is 210 g/mol. The van der Waals surface area contributed by atoms with Gasteiger partial charge in [0, 0.05) is 13.1 Å². The molecule has 15 heavy (non-hydrogen) atoms. The molecule has 2 rings (SSSR count). The Balaban J connectivity index is 1.53. The molecule has 0 bridgehead atoms. The average Bonchev–Trinajstić information content (AvgIpc) is 2.77. The summed E-state index contributed by atoms with van der Waals surface area (Å²) in [5.74, 6) is 2.13. The maximum Gasteiger partial charge on any atom is 0.00129 e. The van der Waals surface area contributed by atoms with E-state index in [-0.39, 0.29) is 0 Å². The minimum Gasteiger partial charge on any atom is -0.317 e. The van der Waals surface area contributed by atoms with E-state index in [1.54, 1.807) is 0 Å². The third-order valence-corrected chi connectivity index (χ3v) is 4.06. The lowest BCUT2D eigenvalue weighted by Gasteiger charge is -2.16. The molecule has 88 valence electrons. The molecule has 0 aromatic heterocycles. The van der Waals surface area contributed by atoms with Crippen LogP contribution in [0.5, 0.6) is 0 Å². The SMILES string of the molecule is CCCNCCCN1CC2CCCC2C1. The summed E-state index contributed by atoms with van der Waals surface area (Å²) in [6.45, 7) is 8.75. The molecule has 2 atom stereocenters. The van der Waals surface area contributed by atoms with E-state index >= 15 is 0 Å². The van der Waals surface area contributed by atoms with Gasteiger partial charge in [0.15, 0.2) is 0 Å². The van der Waals surface area contributed by atoms with Crippen LogP contribution in [-0.4, -0.2) is 37.6 Å². The van der Waals surface area contributed by atoms with Gasteiger partial charge in [-0.25, -0.2) is 0 Å². The van der Waals surface area contributed by atoms with Gasteiger partial charge >= 0.3 is 0 Å². The molecule has 1 heterocycles. The van der Waals surface area contributed by atoms with E-state index in [4.69, 9.17) is 0 Å². The van der Waals surface area contributed by atoms with Gasteiger partial charge in [0.2, 0.25) is 0 Å². The zero-order valence-corrected chi connectivity index (χ0v) is 10.2. The molecule has 2 fully saturated rings. The maximum absolute atomic E-state index is 3.48. The largest absolute Gasteiger partial charge is 0.317 e. The highest BCUT2D eigenvalue weighted by molar-refractivity contribution is 4.88. The lowest BCUT2D eigenvalue weighted by Crippen LogP contribution is -2.26. The summed E-state index contributed by atoms with van der Waals surface area (Å²) in [4.78, 5) is 2.70. The number of rotatable bonds is 6. The first kappa shape index (κ1) is 11.4. The minimum absolute atomic E-state index is 1.06. The third kappa shape index (κ3) is 3.18. The van der Waals surface area contributed by atoms with Crippen LogP contribution in [0.2, 0.25) is 0 Å². The second-order valence-corrected chi connectivity index (χ2v) is 5.31. The quantitative estimate of drug-likeness (QED) is 0.676. The Bertz CT molecular complexity index is 169. The van der Waals surface area contributed by atoms with Gasteiger partial charge in [-0.05, 0) is 57.2 Å². The van der Waals surface area contributed by atoms with Crippen molar-refractivity contribution >= 4 is 0 Å². The minimum atomic E-state index is 1.06. The highest BCUT2D eigenvalue weighted by atomic mass is 15.2. The van der Waals surface area contributed by atoms with Crippen LogP contribution in [0, 0.1) is 11.8 Å².